The van der Waals surface area contributed by atoms with Gasteiger partial charge in [0.2, 0.25) is 0 Å². The molecular formula is C14H15N3O. The normalized spacial score (nSPS) is 10.1. The molecule has 0 atom stereocenters. The number of amides is 1. The number of aromatic nitrogens is 2. The molecule has 0 unspecified atom stereocenters. The zero-order chi connectivity index (χ0) is 12.8. The molecule has 1 aromatic heterocycles. The summed E-state index contributed by atoms with van der Waals surface area (Å²) >= 11 is 0. The highest BCUT2D eigenvalue weighted by molar-refractivity contribution is 5.94. The van der Waals surface area contributed by atoms with Crippen molar-refractivity contribution in [2.24, 2.45) is 0 Å². The van der Waals surface area contributed by atoms with Crippen LogP contribution < -0.4 is 5.32 Å². The van der Waals surface area contributed by atoms with Gasteiger partial charge in [-0.25, -0.2) is 9.97 Å². The maximum Gasteiger partial charge on any atom is 0.251 e. The molecule has 4 nitrogen and oxygen atoms in total. The Morgan fingerprint density at radius 1 is 1.11 bits per heavy atom. The summed E-state index contributed by atoms with van der Waals surface area (Å²) in [6, 6.07) is 7.63. The second-order valence-corrected chi connectivity index (χ2v) is 3.98. The summed E-state index contributed by atoms with van der Waals surface area (Å²) in [6.07, 6.45) is 5.82. The molecule has 0 aliphatic carbocycles. The van der Waals surface area contributed by atoms with Gasteiger partial charge in [-0.1, -0.05) is 19.1 Å². The Kier molecular flexibility index (Phi) is 4.02. The van der Waals surface area contributed by atoms with E-state index in [1.165, 1.54) is 11.9 Å². The third-order valence-corrected chi connectivity index (χ3v) is 2.69. The van der Waals surface area contributed by atoms with E-state index in [4.69, 9.17) is 0 Å². The van der Waals surface area contributed by atoms with E-state index < -0.39 is 0 Å². The molecule has 1 N–H and O–H groups in total. The first kappa shape index (κ1) is 12.2. The lowest BCUT2D eigenvalue weighted by Gasteiger charge is -2.05. The standard InChI is InChI=1S/C14H15N3O/c1-2-11-3-5-13(6-4-11)14(18)17-9-12-7-15-10-16-8-12/h3-8,10H,2,9H2,1H3,(H,17,18). The van der Waals surface area contributed by atoms with Crippen molar-refractivity contribution in [2.75, 3.05) is 0 Å². The lowest BCUT2D eigenvalue weighted by atomic mass is 10.1. The first-order valence-corrected chi connectivity index (χ1v) is 5.90. The van der Waals surface area contributed by atoms with Gasteiger partial charge in [0, 0.05) is 30.1 Å². The predicted molar refractivity (Wildman–Crippen MR) is 69.0 cm³/mol. The number of rotatable bonds is 4. The largest absolute Gasteiger partial charge is 0.348 e. The fraction of sp³-hybridized carbons (Fsp3) is 0.214. The van der Waals surface area contributed by atoms with E-state index in [-0.39, 0.29) is 5.91 Å². The minimum absolute atomic E-state index is 0.0819. The quantitative estimate of drug-likeness (QED) is 0.890. The molecule has 0 aliphatic heterocycles. The van der Waals surface area contributed by atoms with Crippen molar-refractivity contribution in [1.82, 2.24) is 15.3 Å². The highest BCUT2D eigenvalue weighted by Gasteiger charge is 2.04. The van der Waals surface area contributed by atoms with Crippen LogP contribution in [0.2, 0.25) is 0 Å². The Morgan fingerprint density at radius 2 is 1.78 bits per heavy atom. The van der Waals surface area contributed by atoms with Gasteiger partial charge < -0.3 is 5.32 Å². The Labute approximate surface area is 106 Å². The highest BCUT2D eigenvalue weighted by Crippen LogP contribution is 2.05. The van der Waals surface area contributed by atoms with Crippen LogP contribution >= 0.6 is 0 Å². The topological polar surface area (TPSA) is 54.9 Å². The van der Waals surface area contributed by atoms with Crippen LogP contribution in [0.3, 0.4) is 0 Å². The predicted octanol–water partition coefficient (Wildman–Crippen LogP) is 1.97. The van der Waals surface area contributed by atoms with E-state index in [0.717, 1.165) is 12.0 Å². The number of hydrogen-bond acceptors (Lipinski definition) is 3. The fourth-order valence-electron chi connectivity index (χ4n) is 1.60. The number of benzene rings is 1. The van der Waals surface area contributed by atoms with Crippen LogP contribution in [0.25, 0.3) is 0 Å². The molecule has 0 saturated carbocycles. The highest BCUT2D eigenvalue weighted by atomic mass is 16.1. The van der Waals surface area contributed by atoms with E-state index in [1.807, 2.05) is 24.3 Å². The SMILES string of the molecule is CCc1ccc(C(=O)NCc2cncnc2)cc1. The van der Waals surface area contributed by atoms with Gasteiger partial charge in [0.25, 0.3) is 5.91 Å². The molecule has 18 heavy (non-hydrogen) atoms. The molecule has 1 aromatic carbocycles. The summed E-state index contributed by atoms with van der Waals surface area (Å²) in [5.74, 6) is -0.0819. The van der Waals surface area contributed by atoms with E-state index in [2.05, 4.69) is 22.2 Å². The van der Waals surface area contributed by atoms with Crippen LogP contribution in [-0.4, -0.2) is 15.9 Å². The van der Waals surface area contributed by atoms with Crippen LogP contribution in [0, 0.1) is 0 Å². The van der Waals surface area contributed by atoms with Gasteiger partial charge in [-0.15, -0.1) is 0 Å². The lowest BCUT2D eigenvalue weighted by molar-refractivity contribution is 0.0951. The fourth-order valence-corrected chi connectivity index (χ4v) is 1.60. The van der Waals surface area contributed by atoms with Crippen LogP contribution in [-0.2, 0) is 13.0 Å². The van der Waals surface area contributed by atoms with Crippen LogP contribution in [0.15, 0.2) is 43.0 Å². The summed E-state index contributed by atoms with van der Waals surface area (Å²) in [5, 5.41) is 2.83. The Balaban J connectivity index is 1.95. The van der Waals surface area contributed by atoms with Crippen LogP contribution in [0.1, 0.15) is 28.4 Å². The average molecular weight is 241 g/mol. The Morgan fingerprint density at radius 3 is 2.39 bits per heavy atom. The monoisotopic (exact) mass is 241 g/mol. The molecule has 0 bridgehead atoms. The molecule has 0 fully saturated rings. The van der Waals surface area contributed by atoms with Gasteiger partial charge in [-0.3, -0.25) is 4.79 Å². The smallest absolute Gasteiger partial charge is 0.251 e. The van der Waals surface area contributed by atoms with E-state index in [9.17, 15) is 4.79 Å². The summed E-state index contributed by atoms with van der Waals surface area (Å²) in [7, 11) is 0. The number of hydrogen-bond donors (Lipinski definition) is 1. The van der Waals surface area contributed by atoms with Crippen molar-refractivity contribution in [2.45, 2.75) is 19.9 Å². The molecule has 2 rings (SSSR count). The van der Waals surface area contributed by atoms with Gasteiger partial charge in [0.05, 0.1) is 0 Å². The van der Waals surface area contributed by atoms with Crippen molar-refractivity contribution >= 4 is 5.91 Å². The third-order valence-electron chi connectivity index (χ3n) is 2.69. The maximum atomic E-state index is 11.9. The van der Waals surface area contributed by atoms with Crippen LogP contribution in [0.5, 0.6) is 0 Å². The molecule has 2 aromatic rings. The van der Waals surface area contributed by atoms with Gasteiger partial charge in [-0.2, -0.15) is 0 Å². The van der Waals surface area contributed by atoms with Crippen molar-refractivity contribution in [3.8, 4) is 0 Å². The molecule has 0 spiro atoms. The number of carbonyl (C=O) groups is 1. The summed E-state index contributed by atoms with van der Waals surface area (Å²) < 4.78 is 0. The second-order valence-electron chi connectivity index (χ2n) is 3.98. The zero-order valence-corrected chi connectivity index (χ0v) is 10.3. The minimum Gasteiger partial charge on any atom is -0.348 e. The minimum atomic E-state index is -0.0819. The van der Waals surface area contributed by atoms with Crippen molar-refractivity contribution < 1.29 is 4.79 Å². The van der Waals surface area contributed by atoms with Crippen molar-refractivity contribution in [3.63, 3.8) is 0 Å². The summed E-state index contributed by atoms with van der Waals surface area (Å²) in [6.45, 7) is 2.53. The molecule has 0 saturated heterocycles. The van der Waals surface area contributed by atoms with Gasteiger partial charge in [-0.05, 0) is 24.1 Å². The second kappa shape index (κ2) is 5.91. The summed E-state index contributed by atoms with van der Waals surface area (Å²) in [4.78, 5) is 19.7. The first-order chi connectivity index (χ1) is 8.79. The Hall–Kier alpha value is -2.23. The van der Waals surface area contributed by atoms with E-state index in [0.29, 0.717) is 12.1 Å². The van der Waals surface area contributed by atoms with E-state index >= 15 is 0 Å². The summed E-state index contributed by atoms with van der Waals surface area (Å²) in [5.41, 5.74) is 2.78. The van der Waals surface area contributed by atoms with Gasteiger partial charge in [0.15, 0.2) is 0 Å². The number of nitrogens with zero attached hydrogens (tertiary/aromatic N) is 2. The number of nitrogens with one attached hydrogen (secondary N) is 1. The number of aryl methyl sites for hydroxylation is 1. The van der Waals surface area contributed by atoms with Crippen molar-refractivity contribution in [3.05, 3.63) is 59.7 Å². The van der Waals surface area contributed by atoms with Gasteiger partial charge >= 0.3 is 0 Å². The molecule has 1 heterocycles. The zero-order valence-electron chi connectivity index (χ0n) is 10.3. The van der Waals surface area contributed by atoms with Crippen molar-refractivity contribution in [1.29, 1.82) is 0 Å². The molecule has 92 valence electrons. The molecule has 0 aliphatic rings. The third kappa shape index (κ3) is 3.13. The lowest BCUT2D eigenvalue weighted by Crippen LogP contribution is -2.22. The maximum absolute atomic E-state index is 11.9. The van der Waals surface area contributed by atoms with E-state index in [1.54, 1.807) is 12.4 Å². The first-order valence-electron chi connectivity index (χ1n) is 5.90. The Bertz CT molecular complexity index is 508. The number of carbonyl (C=O) groups excluding carboxylic acids is 1. The van der Waals surface area contributed by atoms with Crippen LogP contribution in [0.4, 0.5) is 0 Å². The molecule has 0 radical (unpaired) electrons. The van der Waals surface area contributed by atoms with Gasteiger partial charge in [0.1, 0.15) is 6.33 Å². The molecular weight excluding hydrogens is 226 g/mol. The molecule has 4 heteroatoms. The molecule has 1 amide bonds. The average Bonchev–Trinajstić information content (AvgIpc) is 2.46.